The SMILES string of the molecule is CCOC(=O)[C@@H]1[C@H]2C(=O)N([C@H](C)CO)C(C(=O)Nc3ccc(N(CC)CC)cc3)C23CC[C@H]1S3. The van der Waals surface area contributed by atoms with E-state index in [1.54, 1.807) is 25.6 Å². The molecule has 186 valence electrons. The molecule has 1 aromatic carbocycles. The van der Waals surface area contributed by atoms with Crippen LogP contribution in [0, 0.1) is 11.8 Å². The topological polar surface area (TPSA) is 99.2 Å². The highest BCUT2D eigenvalue weighted by Crippen LogP contribution is 2.66. The summed E-state index contributed by atoms with van der Waals surface area (Å²) < 4.78 is 4.63. The molecule has 3 aliphatic rings. The zero-order chi connectivity index (χ0) is 24.6. The molecule has 1 spiro atoms. The Bertz CT molecular complexity index is 937. The first-order valence-corrected chi connectivity index (χ1v) is 13.1. The summed E-state index contributed by atoms with van der Waals surface area (Å²) in [6.07, 6.45) is 1.45. The van der Waals surface area contributed by atoms with Crippen molar-refractivity contribution in [2.45, 2.75) is 62.6 Å². The number of thioether (sulfide) groups is 1. The number of likely N-dealkylation sites (tertiary alicyclic amines) is 1. The van der Waals surface area contributed by atoms with Gasteiger partial charge in [0.15, 0.2) is 0 Å². The predicted molar refractivity (Wildman–Crippen MR) is 133 cm³/mol. The van der Waals surface area contributed by atoms with E-state index >= 15 is 0 Å². The summed E-state index contributed by atoms with van der Waals surface area (Å²) in [7, 11) is 0. The van der Waals surface area contributed by atoms with Gasteiger partial charge in [0.2, 0.25) is 11.8 Å². The van der Waals surface area contributed by atoms with E-state index in [1.807, 2.05) is 24.3 Å². The van der Waals surface area contributed by atoms with Crippen molar-refractivity contribution in [3.63, 3.8) is 0 Å². The van der Waals surface area contributed by atoms with Gasteiger partial charge in [-0.2, -0.15) is 0 Å². The van der Waals surface area contributed by atoms with Gasteiger partial charge < -0.3 is 25.0 Å². The number of benzene rings is 1. The van der Waals surface area contributed by atoms with Gasteiger partial charge in [0.25, 0.3) is 0 Å². The van der Waals surface area contributed by atoms with Crippen LogP contribution < -0.4 is 10.2 Å². The van der Waals surface area contributed by atoms with E-state index in [0.717, 1.165) is 25.2 Å². The minimum atomic E-state index is -0.760. The minimum absolute atomic E-state index is 0.0248. The predicted octanol–water partition coefficient (Wildman–Crippen LogP) is 2.51. The third-order valence-electron chi connectivity index (χ3n) is 7.55. The van der Waals surface area contributed by atoms with Gasteiger partial charge in [-0.05, 0) is 64.8 Å². The number of esters is 1. The van der Waals surface area contributed by atoms with E-state index in [1.165, 1.54) is 4.90 Å². The molecule has 8 nitrogen and oxygen atoms in total. The number of aliphatic hydroxyl groups excluding tert-OH is 1. The molecule has 3 aliphatic heterocycles. The number of carbonyl (C=O) groups is 3. The first-order chi connectivity index (χ1) is 16.3. The van der Waals surface area contributed by atoms with Crippen molar-refractivity contribution in [3.8, 4) is 0 Å². The molecule has 2 N–H and O–H groups in total. The summed E-state index contributed by atoms with van der Waals surface area (Å²) in [6.45, 7) is 9.48. The Hall–Kier alpha value is -2.26. The second kappa shape index (κ2) is 9.77. The van der Waals surface area contributed by atoms with Crippen LogP contribution in [0.2, 0.25) is 0 Å². The molecule has 3 fully saturated rings. The number of aliphatic hydroxyl groups is 1. The summed E-state index contributed by atoms with van der Waals surface area (Å²) in [5.41, 5.74) is 1.74. The van der Waals surface area contributed by atoms with E-state index in [2.05, 4.69) is 24.1 Å². The molecule has 3 heterocycles. The fraction of sp³-hybridized carbons (Fsp3) is 0.640. The maximum Gasteiger partial charge on any atom is 0.310 e. The van der Waals surface area contributed by atoms with Gasteiger partial charge in [-0.25, -0.2) is 0 Å². The lowest BCUT2D eigenvalue weighted by molar-refractivity contribution is -0.154. The molecule has 1 aromatic rings. The summed E-state index contributed by atoms with van der Waals surface area (Å²) in [5, 5.41) is 12.9. The van der Waals surface area contributed by atoms with E-state index in [-0.39, 0.29) is 36.2 Å². The number of hydrogen-bond acceptors (Lipinski definition) is 7. The summed E-state index contributed by atoms with van der Waals surface area (Å²) in [6, 6.07) is 6.41. The monoisotopic (exact) mass is 489 g/mol. The third kappa shape index (κ3) is 3.86. The van der Waals surface area contributed by atoms with Crippen molar-refractivity contribution < 1.29 is 24.2 Å². The highest BCUT2D eigenvalue weighted by atomic mass is 32.2. The van der Waals surface area contributed by atoms with Crippen LogP contribution in [0.15, 0.2) is 24.3 Å². The molecule has 9 heteroatoms. The Morgan fingerprint density at radius 3 is 2.53 bits per heavy atom. The van der Waals surface area contributed by atoms with Gasteiger partial charge in [-0.1, -0.05) is 0 Å². The molecular weight excluding hydrogens is 454 g/mol. The zero-order valence-electron chi connectivity index (χ0n) is 20.3. The van der Waals surface area contributed by atoms with Gasteiger partial charge in [-0.15, -0.1) is 11.8 Å². The average Bonchev–Trinajstić information content (AvgIpc) is 3.48. The van der Waals surface area contributed by atoms with Crippen molar-refractivity contribution in [2.75, 3.05) is 36.5 Å². The molecular formula is C25H35N3O5S. The Morgan fingerprint density at radius 1 is 1.26 bits per heavy atom. The number of ether oxygens (including phenoxy) is 1. The summed E-state index contributed by atoms with van der Waals surface area (Å²) >= 11 is 1.59. The molecule has 3 saturated heterocycles. The molecule has 2 bridgehead atoms. The quantitative estimate of drug-likeness (QED) is 0.514. The van der Waals surface area contributed by atoms with Crippen LogP contribution in [0.25, 0.3) is 0 Å². The minimum Gasteiger partial charge on any atom is -0.466 e. The van der Waals surface area contributed by atoms with Crippen LogP contribution in [-0.4, -0.2) is 76.2 Å². The summed E-state index contributed by atoms with van der Waals surface area (Å²) in [4.78, 5) is 43.9. The van der Waals surface area contributed by atoms with E-state index < -0.39 is 28.7 Å². The number of nitrogens with one attached hydrogen (secondary N) is 1. The van der Waals surface area contributed by atoms with Crippen molar-refractivity contribution in [1.29, 1.82) is 0 Å². The molecule has 6 atom stereocenters. The molecule has 2 amide bonds. The van der Waals surface area contributed by atoms with Crippen molar-refractivity contribution in [2.24, 2.45) is 11.8 Å². The van der Waals surface area contributed by atoms with E-state index in [4.69, 9.17) is 4.74 Å². The molecule has 34 heavy (non-hydrogen) atoms. The molecule has 0 aromatic heterocycles. The second-order valence-corrected chi connectivity index (χ2v) is 10.9. The van der Waals surface area contributed by atoms with Crippen LogP contribution >= 0.6 is 11.8 Å². The Morgan fingerprint density at radius 2 is 1.94 bits per heavy atom. The van der Waals surface area contributed by atoms with Crippen LogP contribution in [0.1, 0.15) is 40.5 Å². The number of nitrogens with zero attached hydrogens (tertiary/aromatic N) is 2. The Balaban J connectivity index is 1.63. The molecule has 4 rings (SSSR count). The highest BCUT2D eigenvalue weighted by molar-refractivity contribution is 8.02. The molecule has 0 radical (unpaired) electrons. The number of amides is 2. The maximum absolute atomic E-state index is 13.7. The van der Waals surface area contributed by atoms with Gasteiger partial charge in [0.05, 0.1) is 35.8 Å². The maximum atomic E-state index is 13.7. The lowest BCUT2D eigenvalue weighted by atomic mass is 9.71. The van der Waals surface area contributed by atoms with Gasteiger partial charge >= 0.3 is 5.97 Å². The van der Waals surface area contributed by atoms with Gasteiger partial charge in [-0.3, -0.25) is 14.4 Å². The standard InChI is InChI=1S/C25H35N3O5S/c1-5-27(6-2)17-10-8-16(9-11-17)26-22(30)21-25-13-12-18(34-25)19(24(32)33-7-3)20(25)23(31)28(21)15(4)14-29/h8-11,15,18-21,29H,5-7,12-14H2,1-4H3,(H,26,30)/t15-,18-,19+,20+,21?,25?/m1/s1. The largest absolute Gasteiger partial charge is 0.466 e. The highest BCUT2D eigenvalue weighted by Gasteiger charge is 2.74. The lowest BCUT2D eigenvalue weighted by Crippen LogP contribution is -2.54. The smallest absolute Gasteiger partial charge is 0.310 e. The lowest BCUT2D eigenvalue weighted by Gasteiger charge is -2.36. The van der Waals surface area contributed by atoms with E-state index in [0.29, 0.717) is 12.1 Å². The number of anilines is 2. The normalized spacial score (nSPS) is 30.3. The van der Waals surface area contributed by atoms with Crippen LogP contribution in [0.3, 0.4) is 0 Å². The first kappa shape index (κ1) is 24.9. The third-order valence-corrected chi connectivity index (χ3v) is 9.50. The van der Waals surface area contributed by atoms with Gasteiger partial charge in [0, 0.05) is 29.7 Å². The zero-order valence-corrected chi connectivity index (χ0v) is 21.1. The van der Waals surface area contributed by atoms with E-state index in [9.17, 15) is 19.5 Å². The number of hydrogen-bond donors (Lipinski definition) is 2. The number of carbonyl (C=O) groups excluding carboxylic acids is 3. The van der Waals surface area contributed by atoms with Crippen molar-refractivity contribution in [3.05, 3.63) is 24.3 Å². The fourth-order valence-electron chi connectivity index (χ4n) is 6.01. The number of fused-ring (bicyclic) bond motifs is 1. The fourth-order valence-corrected chi connectivity index (χ4v) is 8.21. The molecule has 2 unspecified atom stereocenters. The van der Waals surface area contributed by atoms with Crippen LogP contribution in [0.5, 0.6) is 0 Å². The van der Waals surface area contributed by atoms with Crippen molar-refractivity contribution >= 4 is 40.9 Å². The molecule has 0 aliphatic carbocycles. The first-order valence-electron chi connectivity index (χ1n) is 12.3. The molecule has 0 saturated carbocycles. The van der Waals surface area contributed by atoms with Crippen LogP contribution in [0.4, 0.5) is 11.4 Å². The van der Waals surface area contributed by atoms with Gasteiger partial charge in [0.1, 0.15) is 6.04 Å². The average molecular weight is 490 g/mol. The second-order valence-electron chi connectivity index (χ2n) is 9.29. The number of rotatable bonds is 9. The van der Waals surface area contributed by atoms with Crippen LogP contribution in [-0.2, 0) is 19.1 Å². The Kier molecular flexibility index (Phi) is 7.14. The summed E-state index contributed by atoms with van der Waals surface area (Å²) in [5.74, 6) is -2.02. The Labute approximate surface area is 205 Å². The van der Waals surface area contributed by atoms with Crippen molar-refractivity contribution in [1.82, 2.24) is 4.90 Å².